The maximum Gasteiger partial charge on any atom is 0.217 e. The SMILES string of the molecule is CCC(=O)C(C)CCC(N)=O. The van der Waals surface area contributed by atoms with Crippen LogP contribution in [0.3, 0.4) is 0 Å². The fourth-order valence-electron chi connectivity index (χ4n) is 0.868. The predicted octanol–water partition coefficient (Wildman–Crippen LogP) is 0.867. The number of carbonyl (C=O) groups excluding carboxylic acids is 2. The average molecular weight is 157 g/mol. The largest absolute Gasteiger partial charge is 0.370 e. The Kier molecular flexibility index (Phi) is 4.50. The van der Waals surface area contributed by atoms with Gasteiger partial charge in [-0.25, -0.2) is 0 Å². The van der Waals surface area contributed by atoms with E-state index in [1.807, 2.05) is 13.8 Å². The molecule has 3 nitrogen and oxygen atoms in total. The molecule has 1 amide bonds. The zero-order valence-electron chi connectivity index (χ0n) is 7.09. The lowest BCUT2D eigenvalue weighted by atomic mass is 9.99. The summed E-state index contributed by atoms with van der Waals surface area (Å²) in [6.07, 6.45) is 1.44. The summed E-state index contributed by atoms with van der Waals surface area (Å²) in [7, 11) is 0. The van der Waals surface area contributed by atoms with Gasteiger partial charge in [-0.15, -0.1) is 0 Å². The summed E-state index contributed by atoms with van der Waals surface area (Å²) in [6.45, 7) is 3.65. The molecule has 1 unspecified atom stereocenters. The van der Waals surface area contributed by atoms with Crippen LogP contribution in [0.25, 0.3) is 0 Å². The Balaban J connectivity index is 3.60. The number of nitrogens with two attached hydrogens (primary N) is 1. The first kappa shape index (κ1) is 10.1. The molecule has 0 aromatic heterocycles. The molecule has 0 aliphatic heterocycles. The molecule has 0 saturated heterocycles. The summed E-state index contributed by atoms with van der Waals surface area (Å²) in [5, 5.41) is 0. The van der Waals surface area contributed by atoms with E-state index < -0.39 is 0 Å². The van der Waals surface area contributed by atoms with Crippen molar-refractivity contribution in [3.05, 3.63) is 0 Å². The summed E-state index contributed by atoms with van der Waals surface area (Å²) in [4.78, 5) is 21.3. The second-order valence-corrected chi connectivity index (χ2v) is 2.73. The third-order valence-electron chi connectivity index (χ3n) is 1.72. The van der Waals surface area contributed by atoms with E-state index in [0.717, 1.165) is 0 Å². The summed E-state index contributed by atoms with van der Waals surface area (Å²) in [5.41, 5.74) is 4.93. The maximum atomic E-state index is 11.0. The summed E-state index contributed by atoms with van der Waals surface area (Å²) in [6, 6.07) is 0. The monoisotopic (exact) mass is 157 g/mol. The Bertz CT molecular complexity index is 154. The van der Waals surface area contributed by atoms with Crippen LogP contribution in [0.4, 0.5) is 0 Å². The molecule has 0 aromatic carbocycles. The molecule has 2 N–H and O–H groups in total. The van der Waals surface area contributed by atoms with Crippen molar-refractivity contribution in [2.75, 3.05) is 0 Å². The molecule has 1 atom stereocenters. The van der Waals surface area contributed by atoms with Gasteiger partial charge in [-0.2, -0.15) is 0 Å². The number of hydrogen-bond donors (Lipinski definition) is 1. The molecular weight excluding hydrogens is 142 g/mol. The van der Waals surface area contributed by atoms with Crippen LogP contribution in [0.5, 0.6) is 0 Å². The summed E-state index contributed by atoms with van der Waals surface area (Å²) in [5.74, 6) is -0.153. The topological polar surface area (TPSA) is 60.2 Å². The second-order valence-electron chi connectivity index (χ2n) is 2.73. The molecule has 0 fully saturated rings. The molecule has 64 valence electrons. The standard InChI is InChI=1S/C8H15NO2/c1-3-7(10)6(2)4-5-8(9)11/h6H,3-5H2,1-2H3,(H2,9,11). The predicted molar refractivity (Wildman–Crippen MR) is 42.9 cm³/mol. The van der Waals surface area contributed by atoms with Crippen molar-refractivity contribution in [2.45, 2.75) is 33.1 Å². The number of ketones is 1. The van der Waals surface area contributed by atoms with Crippen LogP contribution in [0.15, 0.2) is 0 Å². The Labute approximate surface area is 67.0 Å². The third-order valence-corrected chi connectivity index (χ3v) is 1.72. The number of carbonyl (C=O) groups is 2. The molecule has 3 heteroatoms. The number of hydrogen-bond acceptors (Lipinski definition) is 2. The van der Waals surface area contributed by atoms with Crippen molar-refractivity contribution in [3.63, 3.8) is 0 Å². The van der Waals surface area contributed by atoms with E-state index in [0.29, 0.717) is 19.3 Å². The Morgan fingerprint density at radius 2 is 2.00 bits per heavy atom. The molecule has 0 aliphatic carbocycles. The van der Waals surface area contributed by atoms with Gasteiger partial charge in [0.2, 0.25) is 5.91 Å². The molecule has 0 rings (SSSR count). The molecule has 0 bridgehead atoms. The van der Waals surface area contributed by atoms with Crippen molar-refractivity contribution in [3.8, 4) is 0 Å². The lowest BCUT2D eigenvalue weighted by Gasteiger charge is -2.05. The molecule has 0 saturated carbocycles. The fourth-order valence-corrected chi connectivity index (χ4v) is 0.868. The van der Waals surface area contributed by atoms with E-state index in [1.54, 1.807) is 0 Å². The van der Waals surface area contributed by atoms with Crippen LogP contribution >= 0.6 is 0 Å². The smallest absolute Gasteiger partial charge is 0.217 e. The Hall–Kier alpha value is -0.860. The van der Waals surface area contributed by atoms with E-state index in [-0.39, 0.29) is 17.6 Å². The first-order chi connectivity index (χ1) is 5.07. The molecule has 0 radical (unpaired) electrons. The zero-order valence-corrected chi connectivity index (χ0v) is 7.09. The van der Waals surface area contributed by atoms with Crippen LogP contribution < -0.4 is 5.73 Å². The van der Waals surface area contributed by atoms with Crippen molar-refractivity contribution < 1.29 is 9.59 Å². The van der Waals surface area contributed by atoms with Gasteiger partial charge in [0.15, 0.2) is 0 Å². The van der Waals surface area contributed by atoms with Gasteiger partial charge in [0.05, 0.1) is 0 Å². The van der Waals surface area contributed by atoms with Crippen LogP contribution in [-0.2, 0) is 9.59 Å². The first-order valence-electron chi connectivity index (χ1n) is 3.89. The molecule has 0 aromatic rings. The van der Waals surface area contributed by atoms with Crippen molar-refractivity contribution in [1.29, 1.82) is 0 Å². The third kappa shape index (κ3) is 4.53. The van der Waals surface area contributed by atoms with Gasteiger partial charge in [0.25, 0.3) is 0 Å². The highest BCUT2D eigenvalue weighted by atomic mass is 16.1. The average Bonchev–Trinajstić information content (AvgIpc) is 1.98. The van der Waals surface area contributed by atoms with Crippen LogP contribution in [0, 0.1) is 5.92 Å². The van der Waals surface area contributed by atoms with E-state index in [4.69, 9.17) is 5.73 Å². The molecular formula is C8H15NO2. The molecule has 0 aliphatic rings. The number of primary amides is 1. The lowest BCUT2D eigenvalue weighted by Crippen LogP contribution is -2.15. The van der Waals surface area contributed by atoms with Crippen LogP contribution in [0.2, 0.25) is 0 Å². The summed E-state index contributed by atoms with van der Waals surface area (Å²) < 4.78 is 0. The van der Waals surface area contributed by atoms with Crippen molar-refractivity contribution in [1.82, 2.24) is 0 Å². The highest BCUT2D eigenvalue weighted by Crippen LogP contribution is 2.07. The zero-order chi connectivity index (χ0) is 8.85. The Morgan fingerprint density at radius 3 is 2.36 bits per heavy atom. The lowest BCUT2D eigenvalue weighted by molar-refractivity contribution is -0.122. The van der Waals surface area contributed by atoms with Crippen LogP contribution in [-0.4, -0.2) is 11.7 Å². The normalized spacial score (nSPS) is 12.5. The maximum absolute atomic E-state index is 11.0. The van der Waals surface area contributed by atoms with Crippen molar-refractivity contribution >= 4 is 11.7 Å². The van der Waals surface area contributed by atoms with Gasteiger partial charge in [0.1, 0.15) is 5.78 Å². The quantitative estimate of drug-likeness (QED) is 0.643. The summed E-state index contributed by atoms with van der Waals surface area (Å²) >= 11 is 0. The number of rotatable bonds is 5. The van der Waals surface area contributed by atoms with Gasteiger partial charge >= 0.3 is 0 Å². The van der Waals surface area contributed by atoms with E-state index >= 15 is 0 Å². The second kappa shape index (κ2) is 4.88. The highest BCUT2D eigenvalue weighted by molar-refractivity contribution is 5.81. The van der Waals surface area contributed by atoms with Crippen molar-refractivity contribution in [2.24, 2.45) is 11.7 Å². The Morgan fingerprint density at radius 1 is 1.45 bits per heavy atom. The number of Topliss-reactive ketones (excluding diaryl/α,β-unsaturated/α-hetero) is 1. The van der Waals surface area contributed by atoms with Gasteiger partial charge in [-0.1, -0.05) is 13.8 Å². The minimum atomic E-state index is -0.333. The van der Waals surface area contributed by atoms with Gasteiger partial charge < -0.3 is 5.73 Å². The minimum absolute atomic E-state index is 0.0208. The van der Waals surface area contributed by atoms with E-state index in [9.17, 15) is 9.59 Å². The highest BCUT2D eigenvalue weighted by Gasteiger charge is 2.10. The van der Waals surface area contributed by atoms with Gasteiger partial charge in [0, 0.05) is 18.8 Å². The van der Waals surface area contributed by atoms with Gasteiger partial charge in [-0.05, 0) is 6.42 Å². The molecule has 0 spiro atoms. The fraction of sp³-hybridized carbons (Fsp3) is 0.750. The molecule has 11 heavy (non-hydrogen) atoms. The van der Waals surface area contributed by atoms with E-state index in [1.165, 1.54) is 0 Å². The van der Waals surface area contributed by atoms with Crippen LogP contribution in [0.1, 0.15) is 33.1 Å². The minimum Gasteiger partial charge on any atom is -0.370 e. The first-order valence-corrected chi connectivity index (χ1v) is 3.89. The molecule has 0 heterocycles. The number of amides is 1. The van der Waals surface area contributed by atoms with Gasteiger partial charge in [-0.3, -0.25) is 9.59 Å². The van der Waals surface area contributed by atoms with E-state index in [2.05, 4.69) is 0 Å².